The van der Waals surface area contributed by atoms with Gasteiger partial charge in [0.05, 0.1) is 6.04 Å². The average Bonchev–Trinajstić information content (AvgIpc) is 2.64. The van der Waals surface area contributed by atoms with Crippen LogP contribution in [0.1, 0.15) is 30.6 Å². The van der Waals surface area contributed by atoms with Gasteiger partial charge in [-0.05, 0) is 18.1 Å². The van der Waals surface area contributed by atoms with Crippen LogP contribution >= 0.6 is 0 Å². The van der Waals surface area contributed by atoms with Crippen LogP contribution in [0.4, 0.5) is 0 Å². The molecule has 0 spiro atoms. The van der Waals surface area contributed by atoms with E-state index < -0.39 is 5.60 Å². The minimum Gasteiger partial charge on any atom is -0.350 e. The fourth-order valence-electron chi connectivity index (χ4n) is 3.38. The predicted molar refractivity (Wildman–Crippen MR) is 95.4 cm³/mol. The third kappa shape index (κ3) is 2.65. The first-order valence-corrected chi connectivity index (χ1v) is 8.26. The van der Waals surface area contributed by atoms with Gasteiger partial charge < -0.3 is 9.64 Å². The van der Waals surface area contributed by atoms with E-state index in [0.717, 1.165) is 11.1 Å². The second-order valence-electron chi connectivity index (χ2n) is 6.29. The van der Waals surface area contributed by atoms with Crippen molar-refractivity contribution < 1.29 is 9.53 Å². The molecule has 2 aromatic rings. The largest absolute Gasteiger partial charge is 0.350 e. The molecule has 0 aliphatic carbocycles. The summed E-state index contributed by atoms with van der Waals surface area (Å²) in [5.41, 5.74) is 0.924. The molecule has 0 radical (unpaired) electrons. The molecule has 1 aliphatic heterocycles. The number of ether oxygens (including phenoxy) is 1. The van der Waals surface area contributed by atoms with Gasteiger partial charge in [-0.25, -0.2) is 0 Å². The highest BCUT2D eigenvalue weighted by atomic mass is 16.5. The molecule has 3 rings (SSSR count). The second kappa shape index (κ2) is 6.62. The van der Waals surface area contributed by atoms with Crippen LogP contribution in [-0.4, -0.2) is 23.9 Å². The SMILES string of the molecule is C=CC[C@@]1(c2ccccc2)O[C@H](c2ccccc2)[C@H](C)N(C)C1=O. The lowest BCUT2D eigenvalue weighted by Gasteiger charge is -2.48. The molecule has 0 bridgehead atoms. The summed E-state index contributed by atoms with van der Waals surface area (Å²) in [6.07, 6.45) is 2.02. The van der Waals surface area contributed by atoms with Gasteiger partial charge in [-0.1, -0.05) is 66.7 Å². The van der Waals surface area contributed by atoms with Crippen molar-refractivity contribution in [3.8, 4) is 0 Å². The maximum absolute atomic E-state index is 13.2. The molecule has 1 aliphatic rings. The van der Waals surface area contributed by atoms with E-state index >= 15 is 0 Å². The molecule has 124 valence electrons. The molecular weight excluding hydrogens is 298 g/mol. The van der Waals surface area contributed by atoms with Crippen LogP contribution in [-0.2, 0) is 15.1 Å². The summed E-state index contributed by atoms with van der Waals surface area (Å²) < 4.78 is 6.52. The molecule has 3 nitrogen and oxygen atoms in total. The summed E-state index contributed by atoms with van der Waals surface area (Å²) in [5, 5.41) is 0. The second-order valence-corrected chi connectivity index (χ2v) is 6.29. The third-order valence-electron chi connectivity index (χ3n) is 4.84. The topological polar surface area (TPSA) is 29.5 Å². The summed E-state index contributed by atoms with van der Waals surface area (Å²) in [7, 11) is 1.85. The first-order valence-electron chi connectivity index (χ1n) is 8.26. The van der Waals surface area contributed by atoms with Crippen molar-refractivity contribution in [3.05, 3.63) is 84.4 Å². The Morgan fingerprint density at radius 2 is 1.71 bits per heavy atom. The van der Waals surface area contributed by atoms with E-state index in [-0.39, 0.29) is 18.1 Å². The van der Waals surface area contributed by atoms with Crippen LogP contribution in [0.15, 0.2) is 73.3 Å². The molecule has 0 unspecified atom stereocenters. The number of likely N-dealkylation sites (N-methyl/N-ethyl adjacent to an activating group) is 1. The normalized spacial score (nSPS) is 27.1. The minimum atomic E-state index is -1.02. The van der Waals surface area contributed by atoms with Gasteiger partial charge in [0, 0.05) is 13.5 Å². The Hall–Kier alpha value is -2.39. The summed E-state index contributed by atoms with van der Waals surface area (Å²) in [4.78, 5) is 15.0. The molecule has 1 fully saturated rings. The lowest BCUT2D eigenvalue weighted by atomic mass is 9.84. The molecule has 24 heavy (non-hydrogen) atoms. The molecule has 2 aromatic carbocycles. The average molecular weight is 321 g/mol. The Labute approximate surface area is 143 Å². The van der Waals surface area contributed by atoms with Crippen LogP contribution in [0.2, 0.25) is 0 Å². The summed E-state index contributed by atoms with van der Waals surface area (Å²) in [6.45, 7) is 5.88. The Bertz CT molecular complexity index is 713. The molecular formula is C21H23NO2. The number of hydrogen-bond acceptors (Lipinski definition) is 2. The maximum atomic E-state index is 13.2. The van der Waals surface area contributed by atoms with Crippen molar-refractivity contribution in [3.63, 3.8) is 0 Å². The van der Waals surface area contributed by atoms with E-state index in [9.17, 15) is 4.79 Å². The van der Waals surface area contributed by atoms with Gasteiger partial charge in [0.1, 0.15) is 6.10 Å². The summed E-state index contributed by atoms with van der Waals surface area (Å²) in [6, 6.07) is 19.8. The van der Waals surface area contributed by atoms with E-state index in [1.54, 1.807) is 11.0 Å². The fourth-order valence-corrected chi connectivity index (χ4v) is 3.38. The van der Waals surface area contributed by atoms with E-state index in [1.165, 1.54) is 0 Å². The Morgan fingerprint density at radius 1 is 1.12 bits per heavy atom. The van der Waals surface area contributed by atoms with Crippen LogP contribution < -0.4 is 0 Å². The molecule has 1 amide bonds. The number of morpholine rings is 1. The fraction of sp³-hybridized carbons (Fsp3) is 0.286. The Balaban J connectivity index is 2.10. The smallest absolute Gasteiger partial charge is 0.259 e. The monoisotopic (exact) mass is 321 g/mol. The Kier molecular flexibility index (Phi) is 4.54. The van der Waals surface area contributed by atoms with E-state index in [4.69, 9.17) is 4.74 Å². The molecule has 1 heterocycles. The molecule has 1 saturated heterocycles. The van der Waals surface area contributed by atoms with Crippen molar-refractivity contribution in [2.45, 2.75) is 31.1 Å². The first-order chi connectivity index (χ1) is 11.6. The van der Waals surface area contributed by atoms with Gasteiger partial charge in [-0.3, -0.25) is 4.79 Å². The number of amides is 1. The first kappa shape index (κ1) is 16.5. The quantitative estimate of drug-likeness (QED) is 0.794. The number of benzene rings is 2. The predicted octanol–water partition coefficient (Wildman–Crippen LogP) is 4.08. The minimum absolute atomic E-state index is 0.0201. The van der Waals surface area contributed by atoms with Crippen LogP contribution in [0.3, 0.4) is 0 Å². The Morgan fingerprint density at radius 3 is 2.29 bits per heavy atom. The van der Waals surface area contributed by atoms with E-state index in [2.05, 4.69) is 18.7 Å². The van der Waals surface area contributed by atoms with Gasteiger partial charge in [0.15, 0.2) is 5.60 Å². The highest BCUT2D eigenvalue weighted by Crippen LogP contribution is 2.43. The number of nitrogens with zero attached hydrogens (tertiary/aromatic N) is 1. The lowest BCUT2D eigenvalue weighted by Crippen LogP contribution is -2.57. The van der Waals surface area contributed by atoms with Crippen LogP contribution in [0, 0.1) is 0 Å². The van der Waals surface area contributed by atoms with Gasteiger partial charge in [0.25, 0.3) is 5.91 Å². The lowest BCUT2D eigenvalue weighted by molar-refractivity contribution is -0.198. The molecule has 3 heteroatoms. The zero-order valence-corrected chi connectivity index (χ0v) is 14.2. The number of rotatable bonds is 4. The van der Waals surface area contributed by atoms with Crippen molar-refractivity contribution in [1.29, 1.82) is 0 Å². The van der Waals surface area contributed by atoms with Gasteiger partial charge in [0.2, 0.25) is 0 Å². The summed E-state index contributed by atoms with van der Waals surface area (Å²) in [5.74, 6) is -0.0201. The highest BCUT2D eigenvalue weighted by Gasteiger charge is 2.51. The van der Waals surface area contributed by atoms with Crippen molar-refractivity contribution in [2.75, 3.05) is 7.05 Å². The van der Waals surface area contributed by atoms with Crippen LogP contribution in [0.25, 0.3) is 0 Å². The van der Waals surface area contributed by atoms with Crippen LogP contribution in [0.5, 0.6) is 0 Å². The highest BCUT2D eigenvalue weighted by molar-refractivity contribution is 5.87. The zero-order valence-electron chi connectivity index (χ0n) is 14.2. The standard InChI is InChI=1S/C21H23NO2/c1-4-15-21(18-13-9-6-10-14-18)20(23)22(3)16(2)19(24-21)17-11-7-5-8-12-17/h4-14,16,19H,1,15H2,2-3H3/t16-,19-,21-/m0/s1. The van der Waals surface area contributed by atoms with Crippen molar-refractivity contribution in [2.24, 2.45) is 0 Å². The van der Waals surface area contributed by atoms with Crippen molar-refractivity contribution >= 4 is 5.91 Å². The number of carbonyl (C=O) groups excluding carboxylic acids is 1. The third-order valence-corrected chi connectivity index (χ3v) is 4.84. The van der Waals surface area contributed by atoms with Gasteiger partial charge >= 0.3 is 0 Å². The van der Waals surface area contributed by atoms with Gasteiger partial charge in [-0.2, -0.15) is 0 Å². The molecule has 3 atom stereocenters. The van der Waals surface area contributed by atoms with Crippen molar-refractivity contribution in [1.82, 2.24) is 4.90 Å². The summed E-state index contributed by atoms with van der Waals surface area (Å²) >= 11 is 0. The maximum Gasteiger partial charge on any atom is 0.259 e. The van der Waals surface area contributed by atoms with Gasteiger partial charge in [-0.15, -0.1) is 6.58 Å². The molecule has 0 N–H and O–H groups in total. The molecule has 0 saturated carbocycles. The zero-order chi connectivity index (χ0) is 17.2. The van der Waals surface area contributed by atoms with E-state index in [0.29, 0.717) is 6.42 Å². The van der Waals surface area contributed by atoms with E-state index in [1.807, 2.05) is 62.5 Å². The number of carbonyl (C=O) groups is 1. The number of hydrogen-bond donors (Lipinski definition) is 0. The molecule has 0 aromatic heterocycles.